The molecule has 2 nitrogen and oxygen atoms in total. The van der Waals surface area contributed by atoms with Crippen LogP contribution in [0.2, 0.25) is 0 Å². The standard InChI is InChI=1S/C21H24FNO/c22-20-9-5-4-8-18(20)19(14-16-6-2-1-3-7-16)21(24)15-17-10-12-23-13-11-17/h1-9,17,19,23H,10-15H2. The monoisotopic (exact) mass is 325 g/mol. The maximum Gasteiger partial charge on any atom is 0.141 e. The minimum absolute atomic E-state index is 0.163. The summed E-state index contributed by atoms with van der Waals surface area (Å²) in [7, 11) is 0. The molecule has 1 atom stereocenters. The third-order valence-corrected chi connectivity index (χ3v) is 4.90. The van der Waals surface area contributed by atoms with E-state index in [1.165, 1.54) is 6.07 Å². The molecule has 0 spiro atoms. The maximum atomic E-state index is 14.3. The van der Waals surface area contributed by atoms with Crippen LogP contribution in [-0.2, 0) is 11.2 Å². The average molecular weight is 325 g/mol. The van der Waals surface area contributed by atoms with Crippen molar-refractivity contribution in [2.24, 2.45) is 5.92 Å². The Bertz CT molecular complexity index is 665. The summed E-state index contributed by atoms with van der Waals surface area (Å²) in [4.78, 5) is 13.0. The Hall–Kier alpha value is -2.00. The van der Waals surface area contributed by atoms with E-state index < -0.39 is 5.92 Å². The topological polar surface area (TPSA) is 29.1 Å². The molecule has 1 aliphatic heterocycles. The van der Waals surface area contributed by atoms with E-state index in [0.29, 0.717) is 24.3 Å². The zero-order valence-electron chi connectivity index (χ0n) is 13.9. The largest absolute Gasteiger partial charge is 0.317 e. The first-order valence-electron chi connectivity index (χ1n) is 8.76. The number of carbonyl (C=O) groups is 1. The van der Waals surface area contributed by atoms with Gasteiger partial charge in [-0.2, -0.15) is 0 Å². The van der Waals surface area contributed by atoms with Crippen molar-refractivity contribution in [3.05, 3.63) is 71.5 Å². The number of hydrogen-bond acceptors (Lipinski definition) is 2. The molecule has 3 heteroatoms. The minimum atomic E-state index is -0.400. The highest BCUT2D eigenvalue weighted by atomic mass is 19.1. The number of nitrogens with one attached hydrogen (secondary N) is 1. The zero-order valence-corrected chi connectivity index (χ0v) is 13.9. The molecule has 1 heterocycles. The molecule has 2 aromatic carbocycles. The molecule has 2 aromatic rings. The molecule has 0 aromatic heterocycles. The van der Waals surface area contributed by atoms with Crippen molar-refractivity contribution in [3.8, 4) is 0 Å². The molecular weight excluding hydrogens is 301 g/mol. The van der Waals surface area contributed by atoms with E-state index >= 15 is 0 Å². The lowest BCUT2D eigenvalue weighted by atomic mass is 9.82. The van der Waals surface area contributed by atoms with Crippen molar-refractivity contribution in [2.75, 3.05) is 13.1 Å². The minimum Gasteiger partial charge on any atom is -0.317 e. The summed E-state index contributed by atoms with van der Waals surface area (Å²) in [5.41, 5.74) is 1.60. The normalized spacial score (nSPS) is 16.7. The van der Waals surface area contributed by atoms with Crippen LogP contribution in [0.4, 0.5) is 4.39 Å². The predicted octanol–water partition coefficient (Wildman–Crippen LogP) is 4.11. The molecule has 126 valence electrons. The van der Waals surface area contributed by atoms with Gasteiger partial charge in [0, 0.05) is 12.3 Å². The van der Waals surface area contributed by atoms with Crippen LogP contribution in [0.1, 0.15) is 36.3 Å². The van der Waals surface area contributed by atoms with E-state index in [9.17, 15) is 9.18 Å². The van der Waals surface area contributed by atoms with Gasteiger partial charge in [0.2, 0.25) is 0 Å². The molecule has 1 aliphatic rings. The maximum absolute atomic E-state index is 14.3. The average Bonchev–Trinajstić information content (AvgIpc) is 2.62. The Balaban J connectivity index is 1.81. The summed E-state index contributed by atoms with van der Waals surface area (Å²) in [6.07, 6.45) is 3.17. The van der Waals surface area contributed by atoms with Crippen molar-refractivity contribution in [1.82, 2.24) is 5.32 Å². The Morgan fingerprint density at radius 3 is 2.42 bits per heavy atom. The summed E-state index contributed by atoms with van der Waals surface area (Å²) in [5, 5.41) is 3.33. The van der Waals surface area contributed by atoms with E-state index in [4.69, 9.17) is 0 Å². The second kappa shape index (κ2) is 8.20. The lowest BCUT2D eigenvalue weighted by molar-refractivity contribution is -0.121. The Morgan fingerprint density at radius 2 is 1.71 bits per heavy atom. The third kappa shape index (κ3) is 4.30. The van der Waals surface area contributed by atoms with Gasteiger partial charge < -0.3 is 5.32 Å². The first kappa shape index (κ1) is 16.8. The van der Waals surface area contributed by atoms with Gasteiger partial charge in [-0.1, -0.05) is 48.5 Å². The van der Waals surface area contributed by atoms with Crippen molar-refractivity contribution in [3.63, 3.8) is 0 Å². The first-order valence-corrected chi connectivity index (χ1v) is 8.76. The van der Waals surface area contributed by atoms with Crippen LogP contribution in [-0.4, -0.2) is 18.9 Å². The van der Waals surface area contributed by atoms with Crippen LogP contribution in [0.25, 0.3) is 0 Å². The molecule has 1 fully saturated rings. The van der Waals surface area contributed by atoms with Crippen LogP contribution >= 0.6 is 0 Å². The van der Waals surface area contributed by atoms with Crippen molar-refractivity contribution in [2.45, 2.75) is 31.6 Å². The van der Waals surface area contributed by atoms with Crippen LogP contribution in [0.15, 0.2) is 54.6 Å². The summed E-state index contributed by atoms with van der Waals surface area (Å²) in [5.74, 6) is -0.0970. The summed E-state index contributed by atoms with van der Waals surface area (Å²) in [6, 6.07) is 16.6. The van der Waals surface area contributed by atoms with Gasteiger partial charge in [-0.15, -0.1) is 0 Å². The van der Waals surface area contributed by atoms with Gasteiger partial charge in [-0.3, -0.25) is 4.79 Å². The fourth-order valence-corrected chi connectivity index (χ4v) is 3.52. The Kier molecular flexibility index (Phi) is 5.76. The molecule has 0 aliphatic carbocycles. The molecule has 1 saturated heterocycles. The van der Waals surface area contributed by atoms with Crippen molar-refractivity contribution in [1.29, 1.82) is 0 Å². The smallest absolute Gasteiger partial charge is 0.141 e. The van der Waals surface area contributed by atoms with Crippen molar-refractivity contribution < 1.29 is 9.18 Å². The highest BCUT2D eigenvalue weighted by molar-refractivity contribution is 5.86. The van der Waals surface area contributed by atoms with Gasteiger partial charge in [-0.05, 0) is 55.5 Å². The van der Waals surface area contributed by atoms with E-state index in [0.717, 1.165) is 31.5 Å². The highest BCUT2D eigenvalue weighted by Crippen LogP contribution is 2.28. The van der Waals surface area contributed by atoms with Crippen molar-refractivity contribution >= 4 is 5.78 Å². The number of benzene rings is 2. The Morgan fingerprint density at radius 1 is 1.04 bits per heavy atom. The first-order chi connectivity index (χ1) is 11.7. The number of halogens is 1. The number of Topliss-reactive ketones (excluding diaryl/α,β-unsaturated/α-hetero) is 1. The lowest BCUT2D eigenvalue weighted by Crippen LogP contribution is -2.30. The summed E-state index contributed by atoms with van der Waals surface area (Å²) in [6.45, 7) is 1.95. The second-order valence-corrected chi connectivity index (χ2v) is 6.63. The quantitative estimate of drug-likeness (QED) is 0.866. The summed E-state index contributed by atoms with van der Waals surface area (Å²) >= 11 is 0. The number of piperidine rings is 1. The molecule has 0 amide bonds. The SMILES string of the molecule is O=C(CC1CCNCC1)C(Cc1ccccc1)c1ccccc1F. The fraction of sp³-hybridized carbons (Fsp3) is 0.381. The molecule has 1 N–H and O–H groups in total. The fourth-order valence-electron chi connectivity index (χ4n) is 3.52. The van der Waals surface area contributed by atoms with E-state index in [1.54, 1.807) is 12.1 Å². The van der Waals surface area contributed by atoms with Crippen LogP contribution in [0.5, 0.6) is 0 Å². The Labute approximate surface area is 143 Å². The van der Waals surface area contributed by atoms with E-state index in [2.05, 4.69) is 5.32 Å². The molecule has 3 rings (SSSR count). The van der Waals surface area contributed by atoms with Gasteiger partial charge in [0.1, 0.15) is 11.6 Å². The van der Waals surface area contributed by atoms with Crippen LogP contribution in [0.3, 0.4) is 0 Å². The van der Waals surface area contributed by atoms with Gasteiger partial charge >= 0.3 is 0 Å². The van der Waals surface area contributed by atoms with Crippen LogP contribution in [0, 0.1) is 11.7 Å². The molecule has 1 unspecified atom stereocenters. The van der Waals surface area contributed by atoms with Crippen LogP contribution < -0.4 is 5.32 Å². The molecule has 0 saturated carbocycles. The molecular formula is C21H24FNO. The van der Waals surface area contributed by atoms with Gasteiger partial charge in [0.15, 0.2) is 0 Å². The zero-order chi connectivity index (χ0) is 16.8. The highest BCUT2D eigenvalue weighted by Gasteiger charge is 2.26. The molecule has 0 bridgehead atoms. The number of hydrogen-bond donors (Lipinski definition) is 1. The summed E-state index contributed by atoms with van der Waals surface area (Å²) < 4.78 is 14.3. The van der Waals surface area contributed by atoms with Gasteiger partial charge in [0.05, 0.1) is 0 Å². The number of rotatable bonds is 6. The predicted molar refractivity (Wildman–Crippen MR) is 94.5 cm³/mol. The lowest BCUT2D eigenvalue weighted by Gasteiger charge is -2.24. The molecule has 24 heavy (non-hydrogen) atoms. The van der Waals surface area contributed by atoms with E-state index in [-0.39, 0.29) is 11.6 Å². The van der Waals surface area contributed by atoms with E-state index in [1.807, 2.05) is 36.4 Å². The third-order valence-electron chi connectivity index (χ3n) is 4.90. The number of carbonyl (C=O) groups excluding carboxylic acids is 1. The number of ketones is 1. The van der Waals surface area contributed by atoms with Gasteiger partial charge in [0.25, 0.3) is 0 Å². The van der Waals surface area contributed by atoms with Gasteiger partial charge in [-0.25, -0.2) is 4.39 Å². The second-order valence-electron chi connectivity index (χ2n) is 6.63. The molecule has 0 radical (unpaired) electrons.